The van der Waals surface area contributed by atoms with Crippen LogP contribution < -0.4 is 4.74 Å². The molecule has 0 atom stereocenters. The number of methoxy groups -OCH3 is 1. The van der Waals surface area contributed by atoms with Gasteiger partial charge in [0, 0.05) is 6.42 Å². The number of ether oxygens (including phenoxy) is 1. The molecular weight excluding hydrogens is 182 g/mol. The molecule has 4 nitrogen and oxygen atoms in total. The van der Waals surface area contributed by atoms with Crippen LogP contribution in [0.3, 0.4) is 0 Å². The average Bonchev–Trinajstić information content (AvgIpc) is 2.55. The number of hydrogen-bond acceptors (Lipinski definition) is 4. The van der Waals surface area contributed by atoms with Crippen LogP contribution in [0.25, 0.3) is 0 Å². The van der Waals surface area contributed by atoms with Crippen LogP contribution in [-0.2, 0) is 6.42 Å². The van der Waals surface area contributed by atoms with Crippen molar-refractivity contribution in [1.29, 1.82) is 0 Å². The number of Topliss-reactive ketones (excluding diaryl/α,β-unsaturated/α-hetero) is 1. The molecule has 0 fully saturated rings. The van der Waals surface area contributed by atoms with E-state index in [0.717, 1.165) is 5.56 Å². The Morgan fingerprint density at radius 3 is 2.93 bits per heavy atom. The van der Waals surface area contributed by atoms with Crippen molar-refractivity contribution in [3.63, 3.8) is 0 Å². The van der Waals surface area contributed by atoms with Crippen molar-refractivity contribution in [3.05, 3.63) is 29.3 Å². The standard InChI is InChI=1S/C10H9NO3/c1-14-8-4-2-3-6-5-7(11-13)10(12)9(6)8/h2-4,13H,5H2,1H3/b11-7+. The van der Waals surface area contributed by atoms with Crippen molar-refractivity contribution < 1.29 is 14.7 Å². The van der Waals surface area contributed by atoms with Gasteiger partial charge in [0.15, 0.2) is 0 Å². The lowest BCUT2D eigenvalue weighted by Crippen LogP contribution is -2.07. The predicted octanol–water partition coefficient (Wildman–Crippen LogP) is 1.26. The van der Waals surface area contributed by atoms with Gasteiger partial charge in [-0.2, -0.15) is 0 Å². The maximum atomic E-state index is 11.6. The summed E-state index contributed by atoms with van der Waals surface area (Å²) in [7, 11) is 1.51. The molecule has 1 aliphatic rings. The zero-order valence-corrected chi connectivity index (χ0v) is 7.65. The lowest BCUT2D eigenvalue weighted by atomic mass is 10.1. The summed E-state index contributed by atoms with van der Waals surface area (Å²) in [5.41, 5.74) is 1.54. The third kappa shape index (κ3) is 1.08. The molecule has 0 radical (unpaired) electrons. The fourth-order valence-corrected chi connectivity index (χ4v) is 1.64. The molecule has 1 aromatic rings. The molecule has 14 heavy (non-hydrogen) atoms. The molecule has 0 spiro atoms. The number of oxime groups is 1. The van der Waals surface area contributed by atoms with Crippen LogP contribution in [-0.4, -0.2) is 23.8 Å². The van der Waals surface area contributed by atoms with Crippen LogP contribution in [0.5, 0.6) is 5.75 Å². The zero-order chi connectivity index (χ0) is 10.1. The molecule has 0 saturated heterocycles. The molecule has 0 heterocycles. The molecule has 0 aliphatic heterocycles. The van der Waals surface area contributed by atoms with Gasteiger partial charge in [-0.15, -0.1) is 0 Å². The lowest BCUT2D eigenvalue weighted by molar-refractivity contribution is 0.106. The van der Waals surface area contributed by atoms with E-state index < -0.39 is 0 Å². The summed E-state index contributed by atoms with van der Waals surface area (Å²) < 4.78 is 5.06. The number of carbonyl (C=O) groups excluding carboxylic acids is 1. The fraction of sp³-hybridized carbons (Fsp3) is 0.200. The monoisotopic (exact) mass is 191 g/mol. The number of ketones is 1. The SMILES string of the molecule is COc1cccc2c1C(=O)/C(=N/O)C2. The number of carbonyl (C=O) groups is 1. The Labute approximate surface area is 80.8 Å². The molecule has 72 valence electrons. The van der Waals surface area contributed by atoms with E-state index in [9.17, 15) is 4.79 Å². The molecule has 0 amide bonds. The van der Waals surface area contributed by atoms with E-state index in [1.54, 1.807) is 6.07 Å². The second-order valence-corrected chi connectivity index (χ2v) is 3.05. The Hall–Kier alpha value is -1.84. The summed E-state index contributed by atoms with van der Waals surface area (Å²) in [6.07, 6.45) is 0.377. The Morgan fingerprint density at radius 1 is 1.50 bits per heavy atom. The number of fused-ring (bicyclic) bond motifs is 1. The molecule has 1 aliphatic carbocycles. The van der Waals surface area contributed by atoms with Gasteiger partial charge in [0.05, 0.1) is 12.7 Å². The zero-order valence-electron chi connectivity index (χ0n) is 7.65. The third-order valence-corrected chi connectivity index (χ3v) is 2.30. The minimum Gasteiger partial charge on any atom is -0.496 e. The van der Waals surface area contributed by atoms with Crippen LogP contribution in [0.4, 0.5) is 0 Å². The second-order valence-electron chi connectivity index (χ2n) is 3.05. The predicted molar refractivity (Wildman–Crippen MR) is 50.3 cm³/mol. The smallest absolute Gasteiger partial charge is 0.214 e. The van der Waals surface area contributed by atoms with E-state index in [1.807, 2.05) is 12.1 Å². The van der Waals surface area contributed by atoms with Crippen LogP contribution >= 0.6 is 0 Å². The van der Waals surface area contributed by atoms with Gasteiger partial charge in [-0.3, -0.25) is 4.79 Å². The van der Waals surface area contributed by atoms with E-state index in [0.29, 0.717) is 17.7 Å². The summed E-state index contributed by atoms with van der Waals surface area (Å²) in [5.74, 6) is 0.283. The molecule has 1 aromatic carbocycles. The van der Waals surface area contributed by atoms with Gasteiger partial charge in [-0.1, -0.05) is 17.3 Å². The van der Waals surface area contributed by atoms with E-state index in [2.05, 4.69) is 5.16 Å². The molecular formula is C10H9NO3. The lowest BCUT2D eigenvalue weighted by Gasteiger charge is -2.03. The highest BCUT2D eigenvalue weighted by atomic mass is 16.5. The topological polar surface area (TPSA) is 58.9 Å². The van der Waals surface area contributed by atoms with Crippen LogP contribution in [0.1, 0.15) is 15.9 Å². The molecule has 1 N–H and O–H groups in total. The van der Waals surface area contributed by atoms with Crippen molar-refractivity contribution in [2.75, 3.05) is 7.11 Å². The average molecular weight is 191 g/mol. The van der Waals surface area contributed by atoms with Crippen molar-refractivity contribution in [2.24, 2.45) is 5.16 Å². The van der Waals surface area contributed by atoms with Crippen molar-refractivity contribution in [1.82, 2.24) is 0 Å². The third-order valence-electron chi connectivity index (χ3n) is 2.30. The first-order chi connectivity index (χ1) is 6.77. The van der Waals surface area contributed by atoms with Crippen LogP contribution in [0.2, 0.25) is 0 Å². The summed E-state index contributed by atoms with van der Waals surface area (Å²) in [5, 5.41) is 11.6. The summed E-state index contributed by atoms with van der Waals surface area (Å²) in [6, 6.07) is 5.36. The van der Waals surface area contributed by atoms with Crippen molar-refractivity contribution in [2.45, 2.75) is 6.42 Å². The van der Waals surface area contributed by atoms with Gasteiger partial charge >= 0.3 is 0 Å². The first-order valence-corrected chi connectivity index (χ1v) is 4.19. The maximum absolute atomic E-state index is 11.6. The Balaban J connectivity index is 2.60. The van der Waals surface area contributed by atoms with Gasteiger partial charge < -0.3 is 9.94 Å². The van der Waals surface area contributed by atoms with E-state index in [-0.39, 0.29) is 11.5 Å². The quantitative estimate of drug-likeness (QED) is 0.537. The first kappa shape index (κ1) is 8.74. The van der Waals surface area contributed by atoms with E-state index >= 15 is 0 Å². The Bertz CT molecular complexity index is 423. The number of benzene rings is 1. The molecule has 0 saturated carbocycles. The number of hydrogen-bond donors (Lipinski definition) is 1. The normalized spacial score (nSPS) is 17.2. The van der Waals surface area contributed by atoms with E-state index in [4.69, 9.17) is 9.94 Å². The first-order valence-electron chi connectivity index (χ1n) is 4.19. The van der Waals surface area contributed by atoms with Gasteiger partial charge in [-0.05, 0) is 11.6 Å². The van der Waals surface area contributed by atoms with Gasteiger partial charge in [0.1, 0.15) is 11.5 Å². The summed E-state index contributed by atoms with van der Waals surface area (Å²) in [6.45, 7) is 0. The minimum absolute atomic E-state index is 0.171. The molecule has 2 rings (SSSR count). The molecule has 0 aromatic heterocycles. The molecule has 0 bridgehead atoms. The Kier molecular flexibility index (Phi) is 1.96. The minimum atomic E-state index is -0.250. The Morgan fingerprint density at radius 2 is 2.29 bits per heavy atom. The summed E-state index contributed by atoms with van der Waals surface area (Å²) >= 11 is 0. The van der Waals surface area contributed by atoms with Crippen LogP contribution in [0, 0.1) is 0 Å². The maximum Gasteiger partial charge on any atom is 0.214 e. The van der Waals surface area contributed by atoms with Gasteiger partial charge in [0.25, 0.3) is 0 Å². The van der Waals surface area contributed by atoms with Crippen molar-refractivity contribution >= 4 is 11.5 Å². The fourth-order valence-electron chi connectivity index (χ4n) is 1.64. The largest absolute Gasteiger partial charge is 0.496 e. The number of nitrogens with zero attached hydrogens (tertiary/aromatic N) is 1. The van der Waals surface area contributed by atoms with Gasteiger partial charge in [0.2, 0.25) is 5.78 Å². The van der Waals surface area contributed by atoms with Crippen LogP contribution in [0.15, 0.2) is 23.4 Å². The molecule has 4 heteroatoms. The molecule has 0 unspecified atom stereocenters. The highest BCUT2D eigenvalue weighted by Crippen LogP contribution is 2.28. The highest BCUT2D eigenvalue weighted by molar-refractivity contribution is 6.49. The van der Waals surface area contributed by atoms with E-state index in [1.165, 1.54) is 7.11 Å². The number of rotatable bonds is 1. The van der Waals surface area contributed by atoms with Gasteiger partial charge in [-0.25, -0.2) is 0 Å². The highest BCUT2D eigenvalue weighted by Gasteiger charge is 2.29. The van der Waals surface area contributed by atoms with Crippen molar-refractivity contribution in [3.8, 4) is 5.75 Å². The second kappa shape index (κ2) is 3.14. The summed E-state index contributed by atoms with van der Waals surface area (Å²) in [4.78, 5) is 11.6.